The molecule has 3 atom stereocenters. The van der Waals surface area contributed by atoms with Gasteiger partial charge in [0.15, 0.2) is 0 Å². The molecule has 2 bridgehead atoms. The number of benzene rings is 2. The molecule has 0 aromatic heterocycles. The minimum atomic E-state index is -0.628. The number of amides is 2. The van der Waals surface area contributed by atoms with Crippen LogP contribution in [0.15, 0.2) is 54.6 Å². The van der Waals surface area contributed by atoms with Crippen molar-refractivity contribution in [3.05, 3.63) is 65.7 Å². The van der Waals surface area contributed by atoms with Crippen molar-refractivity contribution in [2.45, 2.75) is 51.2 Å². The van der Waals surface area contributed by atoms with Gasteiger partial charge >= 0.3 is 12.2 Å². The fraction of sp³-hybridized carbons (Fsp3) is 0.483. The standard InChI is InChI=1S/C29H36N4O6/c1-29(2,3)39-27(34)31-23(20-36-24-11-9-21(13-30)10-12-24)14-32-15-25-17-33(18-26(16-32)38-25)28(35)37-19-22-7-5-4-6-8-22/h4-12,23,25-26H,14-20H2,1-3H3,(H,31,34)/t23-,25?,26?/m0/s1. The maximum absolute atomic E-state index is 12.7. The van der Waals surface area contributed by atoms with Gasteiger partial charge in [-0.3, -0.25) is 4.90 Å². The van der Waals surface area contributed by atoms with Crippen LogP contribution in [0.3, 0.4) is 0 Å². The number of nitriles is 1. The number of rotatable bonds is 8. The Morgan fingerprint density at radius 3 is 2.33 bits per heavy atom. The Kier molecular flexibility index (Phi) is 9.28. The van der Waals surface area contributed by atoms with Crippen molar-refractivity contribution in [1.29, 1.82) is 5.26 Å². The molecule has 2 aromatic rings. The number of nitrogens with zero attached hydrogens (tertiary/aromatic N) is 3. The minimum absolute atomic E-state index is 0.164. The van der Waals surface area contributed by atoms with Crippen LogP contribution < -0.4 is 10.1 Å². The van der Waals surface area contributed by atoms with Crippen LogP contribution in [0.2, 0.25) is 0 Å². The summed E-state index contributed by atoms with van der Waals surface area (Å²) in [5, 5.41) is 11.9. The molecule has 2 saturated heterocycles. The maximum atomic E-state index is 12.7. The SMILES string of the molecule is CC(C)(C)OC(=O)N[C@H](COc1ccc(C#N)cc1)CN1CC2CN(C(=O)OCc3ccccc3)CC(C1)O2. The molecule has 10 nitrogen and oxygen atoms in total. The molecule has 2 heterocycles. The Balaban J connectivity index is 1.32. The third-order valence-corrected chi connectivity index (χ3v) is 6.25. The molecule has 10 heteroatoms. The molecule has 2 fully saturated rings. The monoisotopic (exact) mass is 536 g/mol. The topological polar surface area (TPSA) is 113 Å². The number of hydrogen-bond donors (Lipinski definition) is 1. The van der Waals surface area contributed by atoms with Crippen molar-refractivity contribution >= 4 is 12.2 Å². The molecule has 2 aliphatic rings. The fourth-order valence-corrected chi connectivity index (χ4v) is 4.63. The van der Waals surface area contributed by atoms with E-state index in [1.807, 2.05) is 51.1 Å². The molecule has 2 aromatic carbocycles. The lowest BCUT2D eigenvalue weighted by molar-refractivity contribution is -0.134. The summed E-state index contributed by atoms with van der Waals surface area (Å²) < 4.78 is 23.0. The predicted molar refractivity (Wildman–Crippen MR) is 143 cm³/mol. The lowest BCUT2D eigenvalue weighted by Crippen LogP contribution is -2.62. The lowest BCUT2D eigenvalue weighted by atomic mass is 10.1. The van der Waals surface area contributed by atoms with Crippen LogP contribution in [0.4, 0.5) is 9.59 Å². The van der Waals surface area contributed by atoms with Gasteiger partial charge in [0, 0.05) is 19.6 Å². The van der Waals surface area contributed by atoms with Crippen LogP contribution in [0.5, 0.6) is 5.75 Å². The summed E-state index contributed by atoms with van der Waals surface area (Å²) in [4.78, 5) is 29.2. The molecule has 1 N–H and O–H groups in total. The molecular weight excluding hydrogens is 500 g/mol. The summed E-state index contributed by atoms with van der Waals surface area (Å²) >= 11 is 0. The second-order valence-electron chi connectivity index (χ2n) is 10.8. The van der Waals surface area contributed by atoms with Gasteiger partial charge in [-0.25, -0.2) is 9.59 Å². The summed E-state index contributed by atoms with van der Waals surface area (Å²) in [6.07, 6.45) is -1.19. The molecular formula is C29H36N4O6. The van der Waals surface area contributed by atoms with Crippen molar-refractivity contribution in [3.8, 4) is 11.8 Å². The van der Waals surface area contributed by atoms with Gasteiger partial charge in [-0.1, -0.05) is 30.3 Å². The highest BCUT2D eigenvalue weighted by Gasteiger charge is 2.38. The van der Waals surface area contributed by atoms with Crippen molar-refractivity contribution in [3.63, 3.8) is 0 Å². The predicted octanol–water partition coefficient (Wildman–Crippen LogP) is 3.55. The van der Waals surface area contributed by atoms with E-state index in [-0.39, 0.29) is 37.6 Å². The first kappa shape index (κ1) is 28.2. The minimum Gasteiger partial charge on any atom is -0.491 e. The van der Waals surface area contributed by atoms with E-state index < -0.39 is 11.7 Å². The summed E-state index contributed by atoms with van der Waals surface area (Å²) in [5.74, 6) is 0.605. The van der Waals surface area contributed by atoms with E-state index in [0.717, 1.165) is 5.56 Å². The van der Waals surface area contributed by atoms with E-state index in [2.05, 4.69) is 16.3 Å². The van der Waals surface area contributed by atoms with Crippen LogP contribution in [-0.2, 0) is 20.8 Å². The average molecular weight is 537 g/mol. The summed E-state index contributed by atoms with van der Waals surface area (Å²) in [6.45, 7) is 8.48. The van der Waals surface area contributed by atoms with Gasteiger partial charge in [-0.15, -0.1) is 0 Å². The van der Waals surface area contributed by atoms with E-state index in [1.165, 1.54) is 0 Å². The molecule has 208 valence electrons. The Labute approximate surface area is 229 Å². The highest BCUT2D eigenvalue weighted by Crippen LogP contribution is 2.21. The first-order chi connectivity index (χ1) is 18.7. The first-order valence-electron chi connectivity index (χ1n) is 13.1. The van der Waals surface area contributed by atoms with Crippen LogP contribution in [0.1, 0.15) is 31.9 Å². The zero-order valence-corrected chi connectivity index (χ0v) is 22.7. The van der Waals surface area contributed by atoms with E-state index >= 15 is 0 Å². The van der Waals surface area contributed by atoms with E-state index in [1.54, 1.807) is 29.2 Å². The molecule has 0 aliphatic carbocycles. The van der Waals surface area contributed by atoms with Crippen molar-refractivity contribution in [2.24, 2.45) is 0 Å². The van der Waals surface area contributed by atoms with Crippen molar-refractivity contribution < 1.29 is 28.5 Å². The Bertz CT molecular complexity index is 1130. The molecule has 0 saturated carbocycles. The van der Waals surface area contributed by atoms with Gasteiger partial charge in [0.05, 0.1) is 43.0 Å². The number of carbonyl (C=O) groups is 2. The van der Waals surface area contributed by atoms with Crippen molar-refractivity contribution in [2.75, 3.05) is 39.3 Å². The first-order valence-corrected chi connectivity index (χ1v) is 13.1. The molecule has 0 radical (unpaired) electrons. The van der Waals surface area contributed by atoms with Crippen LogP contribution >= 0.6 is 0 Å². The van der Waals surface area contributed by atoms with Crippen LogP contribution in [-0.4, -0.2) is 85.2 Å². The normalized spacial score (nSPS) is 19.9. The summed E-state index contributed by atoms with van der Waals surface area (Å²) in [6, 6.07) is 18.2. The Hall–Kier alpha value is -3.81. The number of hydrogen-bond acceptors (Lipinski definition) is 8. The number of morpholine rings is 2. The van der Waals surface area contributed by atoms with Crippen LogP contribution in [0, 0.1) is 11.3 Å². The Morgan fingerprint density at radius 1 is 1.05 bits per heavy atom. The zero-order chi connectivity index (χ0) is 27.8. The second-order valence-corrected chi connectivity index (χ2v) is 10.8. The maximum Gasteiger partial charge on any atom is 0.410 e. The number of carbonyl (C=O) groups excluding carboxylic acids is 2. The average Bonchev–Trinajstić information content (AvgIpc) is 2.89. The molecule has 2 unspecified atom stereocenters. The molecule has 4 rings (SSSR count). The van der Waals surface area contributed by atoms with E-state index in [0.29, 0.717) is 44.0 Å². The van der Waals surface area contributed by atoms with E-state index in [9.17, 15) is 9.59 Å². The Morgan fingerprint density at radius 2 is 1.72 bits per heavy atom. The molecule has 39 heavy (non-hydrogen) atoms. The number of ether oxygens (including phenoxy) is 4. The van der Waals surface area contributed by atoms with Gasteiger partial charge in [0.2, 0.25) is 0 Å². The highest BCUT2D eigenvalue weighted by atomic mass is 16.6. The smallest absolute Gasteiger partial charge is 0.410 e. The quantitative estimate of drug-likeness (QED) is 0.545. The number of fused-ring (bicyclic) bond motifs is 2. The second kappa shape index (κ2) is 12.8. The highest BCUT2D eigenvalue weighted by molar-refractivity contribution is 5.68. The van der Waals surface area contributed by atoms with Gasteiger partial charge in [0.1, 0.15) is 24.6 Å². The van der Waals surface area contributed by atoms with E-state index in [4.69, 9.17) is 24.2 Å². The lowest BCUT2D eigenvalue weighted by Gasteiger charge is -2.46. The van der Waals surface area contributed by atoms with Crippen LogP contribution in [0.25, 0.3) is 0 Å². The van der Waals surface area contributed by atoms with Gasteiger partial charge < -0.3 is 29.2 Å². The largest absolute Gasteiger partial charge is 0.491 e. The van der Waals surface area contributed by atoms with Crippen molar-refractivity contribution in [1.82, 2.24) is 15.1 Å². The molecule has 0 spiro atoms. The van der Waals surface area contributed by atoms with Gasteiger partial charge in [-0.05, 0) is 50.6 Å². The third-order valence-electron chi connectivity index (χ3n) is 6.25. The van der Waals surface area contributed by atoms with Gasteiger partial charge in [-0.2, -0.15) is 5.26 Å². The molecule has 2 amide bonds. The molecule has 2 aliphatic heterocycles. The fourth-order valence-electron chi connectivity index (χ4n) is 4.63. The third kappa shape index (κ3) is 8.87. The summed E-state index contributed by atoms with van der Waals surface area (Å²) in [5.41, 5.74) is 0.859. The summed E-state index contributed by atoms with van der Waals surface area (Å²) in [7, 11) is 0. The van der Waals surface area contributed by atoms with Gasteiger partial charge in [0.25, 0.3) is 0 Å². The number of alkyl carbamates (subject to hydrolysis) is 1. The number of nitrogens with one attached hydrogen (secondary N) is 1. The zero-order valence-electron chi connectivity index (χ0n) is 22.7.